The zero-order valence-electron chi connectivity index (χ0n) is 13.8. The molecule has 0 heterocycles. The van der Waals surface area contributed by atoms with Gasteiger partial charge in [0.1, 0.15) is 0 Å². The van der Waals surface area contributed by atoms with Crippen molar-refractivity contribution in [3.63, 3.8) is 0 Å². The molecule has 0 aromatic heterocycles. The number of nitrogens with one attached hydrogen (secondary N) is 1. The van der Waals surface area contributed by atoms with E-state index in [4.69, 9.17) is 10.6 Å². The summed E-state index contributed by atoms with van der Waals surface area (Å²) in [5.74, 6) is 0. The Kier molecular flexibility index (Phi) is 18.8. The third kappa shape index (κ3) is 17.9. The van der Waals surface area contributed by atoms with Gasteiger partial charge in [-0.25, -0.2) is 5.48 Å². The summed E-state index contributed by atoms with van der Waals surface area (Å²) in [6.07, 6.45) is 17.6. The fourth-order valence-corrected chi connectivity index (χ4v) is 2.33. The molecule has 0 bridgehead atoms. The second-order valence-electron chi connectivity index (χ2n) is 5.77. The molecule has 3 heteroatoms. The highest BCUT2D eigenvalue weighted by Crippen LogP contribution is 2.11. The fraction of sp³-hybridized carbons (Fsp3) is 1.00. The summed E-state index contributed by atoms with van der Waals surface area (Å²) in [5, 5.41) is 0. The van der Waals surface area contributed by atoms with Crippen LogP contribution in [0.3, 0.4) is 0 Å². The molecule has 0 fully saturated rings. The minimum absolute atomic E-state index is 0.731. The number of hydrogen-bond acceptors (Lipinski definition) is 3. The van der Waals surface area contributed by atoms with E-state index in [9.17, 15) is 0 Å². The van der Waals surface area contributed by atoms with E-state index in [1.165, 1.54) is 77.0 Å². The van der Waals surface area contributed by atoms with Crippen LogP contribution < -0.4 is 11.2 Å². The van der Waals surface area contributed by atoms with Crippen LogP contribution in [0.25, 0.3) is 0 Å². The van der Waals surface area contributed by atoms with Gasteiger partial charge in [-0.15, -0.1) is 0 Å². The van der Waals surface area contributed by atoms with Crippen molar-refractivity contribution < 1.29 is 4.84 Å². The normalized spacial score (nSPS) is 11.1. The first-order valence-electron chi connectivity index (χ1n) is 8.96. The minimum Gasteiger partial charge on any atom is -0.330 e. The Balaban J connectivity index is 2.89. The van der Waals surface area contributed by atoms with Crippen molar-refractivity contribution in [2.75, 3.05) is 19.7 Å². The molecule has 0 amide bonds. The molecule has 0 aromatic rings. The van der Waals surface area contributed by atoms with Gasteiger partial charge in [0, 0.05) is 6.54 Å². The number of nitrogens with two attached hydrogens (primary N) is 1. The van der Waals surface area contributed by atoms with E-state index in [1.807, 2.05) is 0 Å². The third-order valence-electron chi connectivity index (χ3n) is 3.68. The van der Waals surface area contributed by atoms with Crippen LogP contribution >= 0.6 is 0 Å². The van der Waals surface area contributed by atoms with Crippen molar-refractivity contribution in [2.24, 2.45) is 5.73 Å². The smallest absolute Gasteiger partial charge is 0.0682 e. The zero-order valence-corrected chi connectivity index (χ0v) is 13.8. The molecule has 20 heavy (non-hydrogen) atoms. The average molecular weight is 287 g/mol. The third-order valence-corrected chi connectivity index (χ3v) is 3.68. The van der Waals surface area contributed by atoms with Gasteiger partial charge in [-0.05, 0) is 19.4 Å². The van der Waals surface area contributed by atoms with Gasteiger partial charge in [0.2, 0.25) is 0 Å². The van der Waals surface area contributed by atoms with Crippen LogP contribution in [0.15, 0.2) is 0 Å². The molecule has 3 nitrogen and oxygen atoms in total. The topological polar surface area (TPSA) is 47.3 Å². The minimum atomic E-state index is 0.731. The summed E-state index contributed by atoms with van der Waals surface area (Å²) in [6, 6.07) is 0. The van der Waals surface area contributed by atoms with E-state index in [1.54, 1.807) is 0 Å². The summed E-state index contributed by atoms with van der Waals surface area (Å²) >= 11 is 0. The lowest BCUT2D eigenvalue weighted by molar-refractivity contribution is 0.0384. The maximum absolute atomic E-state index is 5.39. The molecule has 122 valence electrons. The second-order valence-corrected chi connectivity index (χ2v) is 5.77. The van der Waals surface area contributed by atoms with Crippen molar-refractivity contribution in [3.05, 3.63) is 0 Å². The summed E-state index contributed by atoms with van der Waals surface area (Å²) in [7, 11) is 0. The molecular formula is C17H38N2O. The highest BCUT2D eigenvalue weighted by molar-refractivity contribution is 4.48. The van der Waals surface area contributed by atoms with Crippen LogP contribution in [0.5, 0.6) is 0 Å². The zero-order chi connectivity index (χ0) is 14.7. The van der Waals surface area contributed by atoms with Gasteiger partial charge < -0.3 is 10.6 Å². The Bertz CT molecular complexity index is 147. The van der Waals surface area contributed by atoms with Gasteiger partial charge in [0.25, 0.3) is 0 Å². The van der Waals surface area contributed by atoms with Crippen LogP contribution in [0.4, 0.5) is 0 Å². The fourth-order valence-electron chi connectivity index (χ4n) is 2.33. The first-order valence-corrected chi connectivity index (χ1v) is 8.96. The monoisotopic (exact) mass is 286 g/mol. The summed E-state index contributed by atoms with van der Waals surface area (Å²) in [4.78, 5) is 5.32. The van der Waals surface area contributed by atoms with Crippen molar-refractivity contribution in [1.29, 1.82) is 0 Å². The van der Waals surface area contributed by atoms with Gasteiger partial charge in [0.15, 0.2) is 0 Å². The summed E-state index contributed by atoms with van der Waals surface area (Å²) in [6.45, 7) is 4.72. The van der Waals surface area contributed by atoms with Crippen molar-refractivity contribution in [3.8, 4) is 0 Å². The van der Waals surface area contributed by atoms with E-state index in [0.29, 0.717) is 0 Å². The van der Waals surface area contributed by atoms with E-state index < -0.39 is 0 Å². The van der Waals surface area contributed by atoms with Gasteiger partial charge in [-0.1, -0.05) is 77.6 Å². The highest BCUT2D eigenvalue weighted by atomic mass is 16.6. The molecular weight excluding hydrogens is 248 g/mol. The van der Waals surface area contributed by atoms with E-state index in [-0.39, 0.29) is 0 Å². The van der Waals surface area contributed by atoms with E-state index in [2.05, 4.69) is 12.4 Å². The Hall–Kier alpha value is -0.120. The molecule has 0 aliphatic carbocycles. The average Bonchev–Trinajstić information content (AvgIpc) is 2.47. The SMILES string of the molecule is CCCCCCCCCCCCCCONCCCN. The molecule has 0 spiro atoms. The van der Waals surface area contributed by atoms with Gasteiger partial charge in [0.05, 0.1) is 6.61 Å². The standard InChI is InChI=1S/C17H38N2O/c1-2-3-4-5-6-7-8-9-10-11-12-13-17-20-19-16-14-15-18/h19H,2-18H2,1H3. The molecule has 0 aliphatic rings. The number of hydroxylamine groups is 1. The molecule has 0 radical (unpaired) electrons. The Labute approximate surface area is 127 Å². The number of rotatable bonds is 17. The summed E-state index contributed by atoms with van der Waals surface area (Å²) in [5.41, 5.74) is 8.34. The van der Waals surface area contributed by atoms with E-state index >= 15 is 0 Å². The molecule has 0 saturated carbocycles. The maximum atomic E-state index is 5.39. The Morgan fingerprint density at radius 3 is 1.70 bits per heavy atom. The Morgan fingerprint density at radius 1 is 0.700 bits per heavy atom. The lowest BCUT2D eigenvalue weighted by Gasteiger charge is -2.05. The van der Waals surface area contributed by atoms with Crippen molar-refractivity contribution in [1.82, 2.24) is 5.48 Å². The first-order chi connectivity index (χ1) is 9.91. The predicted octanol–water partition coefficient (Wildman–Crippen LogP) is 4.56. The molecule has 0 saturated heterocycles. The molecule has 0 aliphatic heterocycles. The van der Waals surface area contributed by atoms with Crippen molar-refractivity contribution in [2.45, 2.75) is 90.4 Å². The molecule has 0 atom stereocenters. The van der Waals surface area contributed by atoms with Crippen LogP contribution in [0.1, 0.15) is 90.4 Å². The number of unbranched alkanes of at least 4 members (excludes halogenated alkanes) is 11. The predicted molar refractivity (Wildman–Crippen MR) is 88.7 cm³/mol. The maximum Gasteiger partial charge on any atom is 0.0682 e. The van der Waals surface area contributed by atoms with Gasteiger partial charge >= 0.3 is 0 Å². The van der Waals surface area contributed by atoms with Gasteiger partial charge in [-0.3, -0.25) is 0 Å². The van der Waals surface area contributed by atoms with Crippen molar-refractivity contribution >= 4 is 0 Å². The van der Waals surface area contributed by atoms with Crippen LogP contribution in [-0.2, 0) is 4.84 Å². The molecule has 0 aromatic carbocycles. The van der Waals surface area contributed by atoms with Crippen LogP contribution in [0.2, 0.25) is 0 Å². The van der Waals surface area contributed by atoms with Crippen LogP contribution in [-0.4, -0.2) is 19.7 Å². The molecule has 0 rings (SSSR count). The lowest BCUT2D eigenvalue weighted by Crippen LogP contribution is -2.19. The molecule has 0 unspecified atom stereocenters. The highest BCUT2D eigenvalue weighted by Gasteiger charge is 1.94. The largest absolute Gasteiger partial charge is 0.330 e. The quantitative estimate of drug-likeness (QED) is 0.304. The van der Waals surface area contributed by atoms with E-state index in [0.717, 1.165) is 26.1 Å². The molecule has 3 N–H and O–H groups in total. The first kappa shape index (κ1) is 19.9. The van der Waals surface area contributed by atoms with Gasteiger partial charge in [-0.2, -0.15) is 0 Å². The lowest BCUT2D eigenvalue weighted by atomic mass is 10.1. The van der Waals surface area contributed by atoms with Crippen LogP contribution in [0, 0.1) is 0 Å². The second kappa shape index (κ2) is 18.9. The Morgan fingerprint density at radius 2 is 1.20 bits per heavy atom. The summed E-state index contributed by atoms with van der Waals surface area (Å²) < 4.78 is 0. The number of hydrogen-bond donors (Lipinski definition) is 2.